The van der Waals surface area contributed by atoms with Crippen LogP contribution in [0, 0.1) is 24.7 Å². The topological polar surface area (TPSA) is 86.7 Å². The number of rotatable bonds is 11. The van der Waals surface area contributed by atoms with E-state index in [1.165, 1.54) is 48.5 Å². The molecule has 0 radical (unpaired) electrons. The highest BCUT2D eigenvalue weighted by Gasteiger charge is 2.50. The van der Waals surface area contributed by atoms with Gasteiger partial charge < -0.3 is 8.37 Å². The standard InChI is InChI=1S/C32H24F6O6S2/c1-3-5-7-13-21-19-27(23-15-9-11-17-25(23)29(21)43-45(39,40)31(33,34)35)28-20-22(14-8-6-4-2)30(26-18-12-10-16-24(26)28)44-46(41,42)32(36,37)38/h1-2,9-12,15-20H,5-8,13-14H2. The van der Waals surface area contributed by atoms with Crippen molar-refractivity contribution >= 4 is 41.8 Å². The van der Waals surface area contributed by atoms with Crippen molar-refractivity contribution in [2.24, 2.45) is 0 Å². The summed E-state index contributed by atoms with van der Waals surface area (Å²) >= 11 is 0. The number of aryl methyl sites for hydroxylation is 2. The molecule has 0 heterocycles. The molecule has 6 nitrogen and oxygen atoms in total. The van der Waals surface area contributed by atoms with Crippen LogP contribution in [0.25, 0.3) is 32.7 Å². The van der Waals surface area contributed by atoms with Crippen molar-refractivity contribution in [2.75, 3.05) is 0 Å². The number of hydrogen-bond acceptors (Lipinski definition) is 6. The molecule has 0 aliphatic rings. The number of halogens is 6. The Kier molecular flexibility index (Phi) is 9.85. The first kappa shape index (κ1) is 34.5. The van der Waals surface area contributed by atoms with Gasteiger partial charge in [-0.2, -0.15) is 43.2 Å². The number of benzene rings is 4. The highest BCUT2D eigenvalue weighted by atomic mass is 32.2. The second-order valence-corrected chi connectivity index (χ2v) is 13.1. The fraction of sp³-hybridized carbons (Fsp3) is 0.250. The highest BCUT2D eigenvalue weighted by Crippen LogP contribution is 2.45. The molecule has 0 aliphatic heterocycles. The van der Waals surface area contributed by atoms with Crippen molar-refractivity contribution in [2.45, 2.75) is 49.5 Å². The SMILES string of the molecule is C#CCCCc1cc(-c2cc(CCCC#C)c(OS(=O)(=O)C(F)(F)F)c3ccccc23)c2ccccc2c1OS(=O)(=O)C(F)(F)F. The predicted molar refractivity (Wildman–Crippen MR) is 162 cm³/mol. The van der Waals surface area contributed by atoms with Crippen molar-refractivity contribution in [3.8, 4) is 47.3 Å². The molecule has 0 atom stereocenters. The maximum absolute atomic E-state index is 13.4. The summed E-state index contributed by atoms with van der Waals surface area (Å²) in [6, 6.07) is 14.6. The summed E-state index contributed by atoms with van der Waals surface area (Å²) in [6.45, 7) is 0. The van der Waals surface area contributed by atoms with Crippen LogP contribution in [0.5, 0.6) is 11.5 Å². The van der Waals surface area contributed by atoms with E-state index in [1.54, 1.807) is 12.1 Å². The van der Waals surface area contributed by atoms with Crippen LogP contribution in [-0.4, -0.2) is 27.9 Å². The van der Waals surface area contributed by atoms with Crippen LogP contribution in [0.15, 0.2) is 60.7 Å². The van der Waals surface area contributed by atoms with Gasteiger partial charge in [-0.25, -0.2) is 0 Å². The Labute approximate surface area is 261 Å². The predicted octanol–water partition coefficient (Wildman–Crippen LogP) is 8.03. The van der Waals surface area contributed by atoms with Gasteiger partial charge in [-0.1, -0.05) is 48.5 Å². The summed E-state index contributed by atoms with van der Waals surface area (Å²) in [7, 11) is -12.2. The minimum Gasteiger partial charge on any atom is -0.375 e. The fourth-order valence-electron chi connectivity index (χ4n) is 4.90. The number of fused-ring (bicyclic) bond motifs is 2. The second kappa shape index (κ2) is 13.1. The van der Waals surface area contributed by atoms with E-state index in [-0.39, 0.29) is 71.2 Å². The van der Waals surface area contributed by atoms with Crippen LogP contribution < -0.4 is 8.37 Å². The van der Waals surface area contributed by atoms with Gasteiger partial charge in [0.15, 0.2) is 11.5 Å². The van der Waals surface area contributed by atoms with E-state index in [1.807, 2.05) is 0 Å². The Hall–Kier alpha value is -4.40. The van der Waals surface area contributed by atoms with E-state index in [0.29, 0.717) is 11.1 Å². The number of terminal acetylenes is 2. The highest BCUT2D eigenvalue weighted by molar-refractivity contribution is 7.88. The average molecular weight is 683 g/mol. The lowest BCUT2D eigenvalue weighted by Gasteiger charge is -2.21. The van der Waals surface area contributed by atoms with Crippen molar-refractivity contribution in [1.82, 2.24) is 0 Å². The summed E-state index contributed by atoms with van der Waals surface area (Å²) in [5.74, 6) is 3.71. The zero-order valence-electron chi connectivity index (χ0n) is 23.7. The normalized spacial score (nSPS) is 12.5. The molecule has 0 aromatic heterocycles. The van der Waals surface area contributed by atoms with Gasteiger partial charge >= 0.3 is 31.3 Å². The van der Waals surface area contributed by atoms with Crippen LogP contribution in [0.4, 0.5) is 26.3 Å². The Balaban J connectivity index is 2.09. The molecule has 0 fully saturated rings. The Morgan fingerprint density at radius 2 is 0.913 bits per heavy atom. The summed E-state index contributed by atoms with van der Waals surface area (Å²) in [4.78, 5) is 0. The maximum Gasteiger partial charge on any atom is 0.534 e. The molecule has 242 valence electrons. The van der Waals surface area contributed by atoms with Crippen molar-refractivity contribution in [1.29, 1.82) is 0 Å². The maximum atomic E-state index is 13.4. The van der Waals surface area contributed by atoms with Gasteiger partial charge in [-0.3, -0.25) is 0 Å². The Bertz CT molecular complexity index is 1940. The number of hydrogen-bond donors (Lipinski definition) is 0. The Morgan fingerprint density at radius 1 is 0.587 bits per heavy atom. The first-order valence-electron chi connectivity index (χ1n) is 13.5. The molecule has 46 heavy (non-hydrogen) atoms. The van der Waals surface area contributed by atoms with Crippen LogP contribution in [0.3, 0.4) is 0 Å². The molecular formula is C32H24F6O6S2. The molecule has 0 N–H and O–H groups in total. The van der Waals surface area contributed by atoms with Gasteiger partial charge in [-0.05, 0) is 70.8 Å². The van der Waals surface area contributed by atoms with Gasteiger partial charge in [0.25, 0.3) is 0 Å². The van der Waals surface area contributed by atoms with Crippen molar-refractivity contribution < 1.29 is 51.5 Å². The molecule has 14 heteroatoms. The van der Waals surface area contributed by atoms with Gasteiger partial charge in [0.2, 0.25) is 0 Å². The first-order chi connectivity index (χ1) is 21.5. The largest absolute Gasteiger partial charge is 0.534 e. The van der Waals surface area contributed by atoms with E-state index in [2.05, 4.69) is 11.8 Å². The van der Waals surface area contributed by atoms with E-state index >= 15 is 0 Å². The Morgan fingerprint density at radius 3 is 1.22 bits per heavy atom. The molecule has 0 unspecified atom stereocenters. The van der Waals surface area contributed by atoms with Gasteiger partial charge in [0.1, 0.15) is 0 Å². The van der Waals surface area contributed by atoms with Gasteiger partial charge in [-0.15, -0.1) is 24.7 Å². The number of unbranched alkanes of at least 4 members (excludes halogenated alkanes) is 2. The first-order valence-corrected chi connectivity index (χ1v) is 16.3. The molecule has 0 amide bonds. The number of alkyl halides is 6. The molecule has 4 aromatic rings. The molecule has 0 aliphatic carbocycles. The lowest BCUT2D eigenvalue weighted by atomic mass is 9.88. The lowest BCUT2D eigenvalue weighted by molar-refractivity contribution is -0.0504. The molecule has 0 bridgehead atoms. The zero-order chi connectivity index (χ0) is 33.9. The molecule has 0 spiro atoms. The molecule has 0 saturated heterocycles. The van der Waals surface area contributed by atoms with E-state index in [4.69, 9.17) is 21.2 Å². The van der Waals surface area contributed by atoms with E-state index in [9.17, 15) is 43.2 Å². The molecule has 0 saturated carbocycles. The second-order valence-electron chi connectivity index (χ2n) is 10.00. The third-order valence-electron chi connectivity index (χ3n) is 6.92. The molecule has 4 aromatic carbocycles. The average Bonchev–Trinajstić information content (AvgIpc) is 2.98. The minimum atomic E-state index is -6.08. The minimum absolute atomic E-state index is 0.00136. The fourth-order valence-corrected chi connectivity index (χ4v) is 5.92. The smallest absolute Gasteiger partial charge is 0.375 e. The third-order valence-corrected chi connectivity index (χ3v) is 8.83. The summed E-state index contributed by atoms with van der Waals surface area (Å²) < 4.78 is 138. The van der Waals surface area contributed by atoms with Crippen LogP contribution in [-0.2, 0) is 33.1 Å². The van der Waals surface area contributed by atoms with E-state index in [0.717, 1.165) is 0 Å². The van der Waals surface area contributed by atoms with Gasteiger partial charge in [0.05, 0.1) is 0 Å². The third kappa shape index (κ3) is 7.03. The summed E-state index contributed by atoms with van der Waals surface area (Å²) in [5.41, 5.74) is -10.6. The monoisotopic (exact) mass is 682 g/mol. The lowest BCUT2D eigenvalue weighted by Crippen LogP contribution is -2.28. The zero-order valence-corrected chi connectivity index (χ0v) is 25.3. The molecular weight excluding hydrogens is 658 g/mol. The van der Waals surface area contributed by atoms with Crippen LogP contribution >= 0.6 is 0 Å². The quantitative estimate of drug-likeness (QED) is 0.0524. The van der Waals surface area contributed by atoms with E-state index < -0.39 is 42.8 Å². The van der Waals surface area contributed by atoms with Gasteiger partial charge in [0, 0.05) is 23.6 Å². The summed E-state index contributed by atoms with van der Waals surface area (Å²) in [5, 5.41) is 0.488. The van der Waals surface area contributed by atoms with Crippen molar-refractivity contribution in [3.05, 3.63) is 71.8 Å². The summed E-state index contributed by atoms with van der Waals surface area (Å²) in [6.07, 6.45) is 11.6. The molecule has 4 rings (SSSR count). The van der Waals surface area contributed by atoms with Crippen LogP contribution in [0.2, 0.25) is 0 Å². The van der Waals surface area contributed by atoms with Crippen LogP contribution in [0.1, 0.15) is 36.8 Å². The van der Waals surface area contributed by atoms with Crippen molar-refractivity contribution in [3.63, 3.8) is 0 Å².